The molecule has 29 heavy (non-hydrogen) atoms. The van der Waals surface area contributed by atoms with Gasteiger partial charge in [-0.1, -0.05) is 18.0 Å². The van der Waals surface area contributed by atoms with E-state index in [1.54, 1.807) is 12.1 Å². The monoisotopic (exact) mass is 439 g/mol. The number of piperidine rings is 1. The number of ether oxygens (including phenoxy) is 2. The molecule has 1 N–H and O–H groups in total. The highest BCUT2D eigenvalue weighted by Crippen LogP contribution is 2.26. The van der Waals surface area contributed by atoms with E-state index in [1.807, 2.05) is 36.4 Å². The molecule has 1 aliphatic heterocycles. The van der Waals surface area contributed by atoms with Gasteiger partial charge in [-0.25, -0.2) is 0 Å². The maximum atomic E-state index is 10.7. The second kappa shape index (κ2) is 11.9. The fraction of sp³-hybridized carbons (Fsp3) is 0.409. The summed E-state index contributed by atoms with van der Waals surface area (Å²) < 4.78 is 11.8. The zero-order valence-corrected chi connectivity index (χ0v) is 17.8. The normalized spacial score (nSPS) is 16.7. The van der Waals surface area contributed by atoms with Gasteiger partial charge in [0, 0.05) is 17.5 Å². The molecule has 7 heteroatoms. The number of carboxylic acid groups (broad SMARTS) is 1. The lowest BCUT2D eigenvalue weighted by Gasteiger charge is -2.35. The van der Waals surface area contributed by atoms with E-state index in [9.17, 15) is 4.79 Å². The van der Waals surface area contributed by atoms with Gasteiger partial charge in [-0.3, -0.25) is 9.69 Å². The fourth-order valence-electron chi connectivity index (χ4n) is 3.41. The molecule has 1 atom stereocenters. The maximum absolute atomic E-state index is 10.7. The molecule has 0 bridgehead atoms. The number of rotatable bonds is 9. The zero-order valence-electron chi connectivity index (χ0n) is 16.3. The minimum Gasteiger partial charge on any atom is -0.492 e. The van der Waals surface area contributed by atoms with E-state index in [0.29, 0.717) is 24.1 Å². The molecule has 158 valence electrons. The van der Waals surface area contributed by atoms with Crippen molar-refractivity contribution in [3.8, 4) is 17.2 Å². The van der Waals surface area contributed by atoms with Gasteiger partial charge in [0.15, 0.2) is 0 Å². The number of likely N-dealkylation sites (tertiary alicyclic amines) is 1. The quantitative estimate of drug-likeness (QED) is 0.546. The van der Waals surface area contributed by atoms with Gasteiger partial charge in [-0.2, -0.15) is 0 Å². The minimum absolute atomic E-state index is 0. The predicted octanol–water partition coefficient (Wildman–Crippen LogP) is 5.65. The first kappa shape index (κ1) is 23.3. The van der Waals surface area contributed by atoms with Gasteiger partial charge in [0.1, 0.15) is 23.9 Å². The third kappa shape index (κ3) is 7.77. The molecule has 0 spiro atoms. The van der Waals surface area contributed by atoms with E-state index >= 15 is 0 Å². The van der Waals surface area contributed by atoms with Crippen molar-refractivity contribution in [2.24, 2.45) is 0 Å². The Morgan fingerprint density at radius 1 is 1.03 bits per heavy atom. The van der Waals surface area contributed by atoms with Crippen LogP contribution in [-0.4, -0.2) is 41.7 Å². The molecule has 1 fully saturated rings. The fourth-order valence-corrected chi connectivity index (χ4v) is 3.54. The Morgan fingerprint density at radius 3 is 2.31 bits per heavy atom. The SMILES string of the molecule is Cl.O=C(O)CCCN1CCCCC1COc1ccc(Oc2ccc(Cl)cc2)cc1. The van der Waals surface area contributed by atoms with Crippen molar-refractivity contribution in [2.45, 2.75) is 38.1 Å². The van der Waals surface area contributed by atoms with E-state index in [-0.39, 0.29) is 18.8 Å². The third-order valence-electron chi connectivity index (χ3n) is 4.90. The van der Waals surface area contributed by atoms with Gasteiger partial charge in [-0.05, 0) is 80.9 Å². The zero-order chi connectivity index (χ0) is 19.8. The minimum atomic E-state index is -0.731. The standard InChI is InChI=1S/C22H26ClNO4.ClH/c23-17-6-8-20(9-7-17)28-21-12-10-19(11-13-21)27-16-18-4-1-2-14-24(18)15-3-5-22(25)26;/h6-13,18H,1-5,14-16H2,(H,25,26);1H. The molecule has 1 heterocycles. The third-order valence-corrected chi connectivity index (χ3v) is 5.15. The Labute approximate surface area is 183 Å². The summed E-state index contributed by atoms with van der Waals surface area (Å²) in [5, 5.41) is 9.51. The number of carboxylic acids is 1. The van der Waals surface area contributed by atoms with E-state index in [1.165, 1.54) is 12.8 Å². The Bertz CT molecular complexity index is 752. The number of carbonyl (C=O) groups is 1. The second-order valence-corrected chi connectivity index (χ2v) is 7.46. The molecular formula is C22H27Cl2NO4. The van der Waals surface area contributed by atoms with Crippen molar-refractivity contribution >= 4 is 30.0 Å². The smallest absolute Gasteiger partial charge is 0.303 e. The van der Waals surface area contributed by atoms with Crippen molar-refractivity contribution in [2.75, 3.05) is 19.7 Å². The summed E-state index contributed by atoms with van der Waals surface area (Å²) >= 11 is 5.88. The van der Waals surface area contributed by atoms with Crippen LogP contribution in [0.2, 0.25) is 5.02 Å². The van der Waals surface area contributed by atoms with Crippen LogP contribution < -0.4 is 9.47 Å². The predicted molar refractivity (Wildman–Crippen MR) is 117 cm³/mol. The van der Waals surface area contributed by atoms with Crippen LogP contribution in [0.15, 0.2) is 48.5 Å². The summed E-state index contributed by atoms with van der Waals surface area (Å²) in [7, 11) is 0. The number of benzene rings is 2. The molecule has 0 radical (unpaired) electrons. The summed E-state index contributed by atoms with van der Waals surface area (Å²) in [5.74, 6) is 1.55. The highest BCUT2D eigenvalue weighted by Gasteiger charge is 2.22. The van der Waals surface area contributed by atoms with Gasteiger partial charge >= 0.3 is 5.97 Å². The molecule has 2 aromatic carbocycles. The van der Waals surface area contributed by atoms with E-state index in [2.05, 4.69) is 4.90 Å². The molecule has 0 aromatic heterocycles. The first-order valence-electron chi connectivity index (χ1n) is 9.72. The summed E-state index contributed by atoms with van der Waals surface area (Å²) in [4.78, 5) is 13.1. The largest absolute Gasteiger partial charge is 0.492 e. The van der Waals surface area contributed by atoms with Gasteiger partial charge < -0.3 is 14.6 Å². The first-order valence-corrected chi connectivity index (χ1v) is 10.1. The highest BCUT2D eigenvalue weighted by molar-refractivity contribution is 6.30. The van der Waals surface area contributed by atoms with Gasteiger partial charge in [-0.15, -0.1) is 12.4 Å². The lowest BCUT2D eigenvalue weighted by molar-refractivity contribution is -0.137. The van der Waals surface area contributed by atoms with Crippen LogP contribution in [0, 0.1) is 0 Å². The average Bonchev–Trinajstić information content (AvgIpc) is 2.70. The van der Waals surface area contributed by atoms with Crippen LogP contribution in [0.4, 0.5) is 0 Å². The highest BCUT2D eigenvalue weighted by atomic mass is 35.5. The summed E-state index contributed by atoms with van der Waals surface area (Å²) in [6.45, 7) is 2.44. The Hall–Kier alpha value is -1.95. The van der Waals surface area contributed by atoms with Gasteiger partial charge in [0.25, 0.3) is 0 Å². The molecule has 0 amide bonds. The molecule has 5 nitrogen and oxygen atoms in total. The molecular weight excluding hydrogens is 413 g/mol. The summed E-state index contributed by atoms with van der Waals surface area (Å²) in [6.07, 6.45) is 4.35. The summed E-state index contributed by atoms with van der Waals surface area (Å²) in [6, 6.07) is 15.2. The van der Waals surface area contributed by atoms with Crippen molar-refractivity contribution in [1.29, 1.82) is 0 Å². The second-order valence-electron chi connectivity index (χ2n) is 7.02. The molecule has 1 aliphatic rings. The van der Waals surface area contributed by atoms with Crippen molar-refractivity contribution in [1.82, 2.24) is 4.90 Å². The van der Waals surface area contributed by atoms with Crippen molar-refractivity contribution in [3.05, 3.63) is 53.6 Å². The molecule has 1 unspecified atom stereocenters. The van der Waals surface area contributed by atoms with Crippen molar-refractivity contribution in [3.63, 3.8) is 0 Å². The Kier molecular flexibility index (Phi) is 9.58. The topological polar surface area (TPSA) is 59.0 Å². The number of hydrogen-bond donors (Lipinski definition) is 1. The van der Waals surface area contributed by atoms with E-state index in [0.717, 1.165) is 36.8 Å². The lowest BCUT2D eigenvalue weighted by atomic mass is 10.0. The number of hydrogen-bond acceptors (Lipinski definition) is 4. The average molecular weight is 440 g/mol. The van der Waals surface area contributed by atoms with Gasteiger partial charge in [0.2, 0.25) is 0 Å². The van der Waals surface area contributed by atoms with Crippen LogP contribution in [0.25, 0.3) is 0 Å². The summed E-state index contributed by atoms with van der Waals surface area (Å²) in [5.41, 5.74) is 0. The molecule has 0 saturated carbocycles. The molecule has 3 rings (SSSR count). The number of nitrogens with zero attached hydrogens (tertiary/aromatic N) is 1. The number of halogens is 2. The van der Waals surface area contributed by atoms with Crippen LogP contribution in [-0.2, 0) is 4.79 Å². The molecule has 0 aliphatic carbocycles. The van der Waals surface area contributed by atoms with Crippen LogP contribution >= 0.6 is 24.0 Å². The number of aliphatic carboxylic acids is 1. The van der Waals surface area contributed by atoms with Crippen molar-refractivity contribution < 1.29 is 19.4 Å². The Balaban J connectivity index is 0.00000300. The lowest BCUT2D eigenvalue weighted by Crippen LogP contribution is -2.43. The van der Waals surface area contributed by atoms with E-state index in [4.69, 9.17) is 26.2 Å². The van der Waals surface area contributed by atoms with Crippen LogP contribution in [0.3, 0.4) is 0 Å². The van der Waals surface area contributed by atoms with Gasteiger partial charge in [0.05, 0.1) is 0 Å². The first-order chi connectivity index (χ1) is 13.6. The van der Waals surface area contributed by atoms with Crippen LogP contribution in [0.1, 0.15) is 32.1 Å². The Morgan fingerprint density at radius 2 is 1.66 bits per heavy atom. The maximum Gasteiger partial charge on any atom is 0.303 e. The molecule has 1 saturated heterocycles. The molecule has 2 aromatic rings. The van der Waals surface area contributed by atoms with E-state index < -0.39 is 5.97 Å². The van der Waals surface area contributed by atoms with Crippen LogP contribution in [0.5, 0.6) is 17.2 Å².